The lowest BCUT2D eigenvalue weighted by atomic mass is 10.2. The van der Waals surface area contributed by atoms with E-state index in [1.165, 1.54) is 0 Å². The third-order valence-corrected chi connectivity index (χ3v) is 10.8. The Balaban J connectivity index is 1.89. The number of hydrogen-bond acceptors (Lipinski definition) is 3. The Kier molecular flexibility index (Phi) is 6.08. The lowest BCUT2D eigenvalue weighted by Gasteiger charge is -2.44. The minimum Gasteiger partial charge on any atom is -0.481 e. The van der Waals surface area contributed by atoms with E-state index in [0.29, 0.717) is 19.3 Å². The normalized spacial score (nSPS) is 20.6. The van der Waals surface area contributed by atoms with E-state index >= 15 is 0 Å². The van der Waals surface area contributed by atoms with Crippen molar-refractivity contribution < 1.29 is 19.4 Å². The van der Waals surface area contributed by atoms with E-state index in [-0.39, 0.29) is 16.9 Å². The van der Waals surface area contributed by atoms with Crippen LogP contribution in [0, 0.1) is 11.8 Å². The molecule has 4 nitrogen and oxygen atoms in total. The van der Waals surface area contributed by atoms with Crippen LogP contribution >= 0.6 is 0 Å². The molecule has 2 N–H and O–H groups in total. The Hall–Kier alpha value is -1.95. The molecule has 0 amide bonds. The molecule has 1 saturated carbocycles. The van der Waals surface area contributed by atoms with E-state index in [0.717, 1.165) is 10.4 Å². The number of carboxylic acid groups (broad SMARTS) is 1. The fraction of sp³-hybridized carbons (Fsp3) is 0.435. The maximum absolute atomic E-state index is 11.1. The van der Waals surface area contributed by atoms with Crippen LogP contribution in [0.5, 0.6) is 0 Å². The predicted octanol–water partition coefficient (Wildman–Crippen LogP) is 3.38. The van der Waals surface area contributed by atoms with Crippen LogP contribution in [0.4, 0.5) is 0 Å². The molecule has 5 heteroatoms. The molecule has 28 heavy (non-hydrogen) atoms. The Labute approximate surface area is 168 Å². The van der Waals surface area contributed by atoms with Crippen molar-refractivity contribution in [2.75, 3.05) is 0 Å². The number of rotatable bonds is 8. The van der Waals surface area contributed by atoms with E-state index in [1.54, 1.807) is 0 Å². The largest absolute Gasteiger partial charge is 0.481 e. The van der Waals surface area contributed by atoms with Crippen LogP contribution in [0.2, 0.25) is 5.04 Å². The van der Waals surface area contributed by atoms with Crippen molar-refractivity contribution in [3.05, 3.63) is 60.7 Å². The molecular weight excluding hydrogens is 368 g/mol. The predicted molar refractivity (Wildman–Crippen MR) is 113 cm³/mol. The van der Waals surface area contributed by atoms with Gasteiger partial charge < -0.3 is 14.6 Å². The molecule has 2 unspecified atom stereocenters. The van der Waals surface area contributed by atoms with Crippen LogP contribution in [-0.4, -0.2) is 30.8 Å². The average Bonchev–Trinajstić information content (AvgIpc) is 3.45. The summed E-state index contributed by atoms with van der Waals surface area (Å²) in [4.78, 5) is 11.1. The van der Waals surface area contributed by atoms with Crippen LogP contribution in [0.25, 0.3) is 0 Å². The van der Waals surface area contributed by atoms with Crippen molar-refractivity contribution in [3.63, 3.8) is 0 Å². The molecule has 0 aliphatic heterocycles. The fourth-order valence-electron chi connectivity index (χ4n) is 4.18. The zero-order valence-electron chi connectivity index (χ0n) is 16.8. The Morgan fingerprint density at radius 1 is 1.07 bits per heavy atom. The molecule has 0 heterocycles. The average molecular weight is 399 g/mol. The molecule has 2 aromatic rings. The summed E-state index contributed by atoms with van der Waals surface area (Å²) in [5, 5.41) is 22.0. The third kappa shape index (κ3) is 4.22. The van der Waals surface area contributed by atoms with Gasteiger partial charge >= 0.3 is 5.97 Å². The van der Waals surface area contributed by atoms with Crippen LogP contribution in [0.15, 0.2) is 60.7 Å². The second kappa shape index (κ2) is 8.19. The SMILES string of the molecule is CC(C)(C)[Si](O[C@H](O)CCC1CC1C(=O)O)(c1ccccc1)c1ccccc1. The molecule has 1 aliphatic rings. The minimum atomic E-state index is -2.77. The van der Waals surface area contributed by atoms with Gasteiger partial charge in [-0.15, -0.1) is 0 Å². The van der Waals surface area contributed by atoms with Crippen molar-refractivity contribution in [2.24, 2.45) is 11.8 Å². The van der Waals surface area contributed by atoms with E-state index in [2.05, 4.69) is 45.0 Å². The zero-order valence-corrected chi connectivity index (χ0v) is 17.8. The topological polar surface area (TPSA) is 66.8 Å². The summed E-state index contributed by atoms with van der Waals surface area (Å²) in [7, 11) is -2.77. The molecule has 3 rings (SSSR count). The second-order valence-electron chi connectivity index (χ2n) is 8.75. The summed E-state index contributed by atoms with van der Waals surface area (Å²) in [5.74, 6) is -0.817. The molecule has 1 aliphatic carbocycles. The molecule has 3 atom stereocenters. The smallest absolute Gasteiger partial charge is 0.306 e. The number of hydrogen-bond donors (Lipinski definition) is 2. The maximum atomic E-state index is 11.1. The molecular formula is C23H30O4Si. The van der Waals surface area contributed by atoms with Gasteiger partial charge in [-0.05, 0) is 40.6 Å². The van der Waals surface area contributed by atoms with Gasteiger partial charge in [0.15, 0.2) is 0 Å². The van der Waals surface area contributed by atoms with Gasteiger partial charge in [0.1, 0.15) is 6.29 Å². The summed E-state index contributed by atoms with van der Waals surface area (Å²) in [6, 6.07) is 20.4. The number of benzene rings is 2. The number of aliphatic hydroxyl groups is 1. The highest BCUT2D eigenvalue weighted by atomic mass is 28.4. The quantitative estimate of drug-likeness (QED) is 0.528. The van der Waals surface area contributed by atoms with E-state index in [4.69, 9.17) is 9.53 Å². The number of carbonyl (C=O) groups is 1. The minimum absolute atomic E-state index is 0.162. The van der Waals surface area contributed by atoms with Gasteiger partial charge in [0.05, 0.1) is 5.92 Å². The highest BCUT2D eigenvalue weighted by Crippen LogP contribution is 2.43. The standard InChI is InChI=1S/C23H30O4Si/c1-23(2,3)28(18-10-6-4-7-11-18,19-12-8-5-9-13-19)27-21(24)15-14-17-16-20(17)22(25)26/h4-13,17,20-21,24H,14-16H2,1-3H3,(H,25,26)/t17?,20?,21-/m0/s1. The molecule has 150 valence electrons. The molecule has 0 aromatic heterocycles. The summed E-state index contributed by atoms with van der Waals surface area (Å²) in [6.07, 6.45) is 0.928. The van der Waals surface area contributed by atoms with Crippen LogP contribution < -0.4 is 10.4 Å². The van der Waals surface area contributed by atoms with Gasteiger partial charge in [-0.1, -0.05) is 81.4 Å². The number of carboxylic acids is 1. The van der Waals surface area contributed by atoms with Crippen LogP contribution in [0.3, 0.4) is 0 Å². The first-order valence-corrected chi connectivity index (χ1v) is 11.9. The highest BCUT2D eigenvalue weighted by Gasteiger charge is 2.51. The van der Waals surface area contributed by atoms with Gasteiger partial charge in [-0.2, -0.15) is 0 Å². The highest BCUT2D eigenvalue weighted by molar-refractivity contribution is 6.99. The molecule has 0 spiro atoms. The van der Waals surface area contributed by atoms with Crippen molar-refractivity contribution >= 4 is 24.7 Å². The first kappa shape index (κ1) is 20.8. The Morgan fingerprint density at radius 2 is 1.57 bits per heavy atom. The monoisotopic (exact) mass is 398 g/mol. The van der Waals surface area contributed by atoms with E-state index in [1.807, 2.05) is 36.4 Å². The van der Waals surface area contributed by atoms with Gasteiger partial charge in [0.25, 0.3) is 8.32 Å². The summed E-state index contributed by atoms with van der Waals surface area (Å²) < 4.78 is 6.60. The lowest BCUT2D eigenvalue weighted by Crippen LogP contribution is -2.67. The fourth-order valence-corrected chi connectivity index (χ4v) is 8.72. The Morgan fingerprint density at radius 3 is 1.96 bits per heavy atom. The molecule has 0 bridgehead atoms. The van der Waals surface area contributed by atoms with Gasteiger partial charge in [0.2, 0.25) is 0 Å². The maximum Gasteiger partial charge on any atom is 0.306 e. The van der Waals surface area contributed by atoms with Gasteiger partial charge in [-0.25, -0.2) is 0 Å². The van der Waals surface area contributed by atoms with Crippen molar-refractivity contribution in [2.45, 2.75) is 51.4 Å². The second-order valence-corrected chi connectivity index (χ2v) is 13.0. The van der Waals surface area contributed by atoms with E-state index in [9.17, 15) is 9.90 Å². The number of aliphatic hydroxyl groups excluding tert-OH is 1. The molecule has 1 fully saturated rings. The van der Waals surface area contributed by atoms with E-state index < -0.39 is 20.6 Å². The van der Waals surface area contributed by atoms with Gasteiger partial charge in [-0.3, -0.25) is 4.79 Å². The first-order valence-electron chi connectivity index (χ1n) is 9.95. The zero-order chi connectivity index (χ0) is 20.4. The number of aliphatic carboxylic acids is 1. The first-order chi connectivity index (χ1) is 13.3. The molecule has 0 saturated heterocycles. The Bertz CT molecular complexity index is 746. The van der Waals surface area contributed by atoms with Crippen molar-refractivity contribution in [1.82, 2.24) is 0 Å². The third-order valence-electron chi connectivity index (χ3n) is 5.75. The summed E-state index contributed by atoms with van der Waals surface area (Å²) >= 11 is 0. The molecule has 0 radical (unpaired) electrons. The lowest BCUT2D eigenvalue weighted by molar-refractivity contribution is -0.139. The van der Waals surface area contributed by atoms with Crippen LogP contribution in [0.1, 0.15) is 40.0 Å². The van der Waals surface area contributed by atoms with Crippen molar-refractivity contribution in [3.8, 4) is 0 Å². The summed E-state index contributed by atoms with van der Waals surface area (Å²) in [5.41, 5.74) is 0. The van der Waals surface area contributed by atoms with Gasteiger partial charge in [0, 0.05) is 0 Å². The summed E-state index contributed by atoms with van der Waals surface area (Å²) in [6.45, 7) is 6.52. The van der Waals surface area contributed by atoms with Crippen molar-refractivity contribution in [1.29, 1.82) is 0 Å². The van der Waals surface area contributed by atoms with Crippen LogP contribution in [-0.2, 0) is 9.22 Å². The molecule has 2 aromatic carbocycles.